The molecule has 2 rings (SSSR count). The van der Waals surface area contributed by atoms with Gasteiger partial charge < -0.3 is 0 Å². The van der Waals surface area contributed by atoms with Crippen molar-refractivity contribution in [3.05, 3.63) is 18.2 Å². The van der Waals surface area contributed by atoms with Crippen molar-refractivity contribution in [1.82, 2.24) is 13.5 Å². The highest BCUT2D eigenvalue weighted by Crippen LogP contribution is 2.20. The van der Waals surface area contributed by atoms with Gasteiger partial charge in [-0.25, -0.2) is 26.7 Å². The molecule has 0 spiro atoms. The molecule has 0 unspecified atom stereocenters. The minimum absolute atomic E-state index is 0.0211. The highest BCUT2D eigenvalue weighted by molar-refractivity contribution is 7.90. The van der Waals surface area contributed by atoms with Crippen LogP contribution < -0.4 is 9.86 Å². The van der Waals surface area contributed by atoms with Crippen LogP contribution in [0.5, 0.6) is 0 Å². The first-order valence-corrected chi connectivity index (χ1v) is 9.44. The number of nitrogens with one attached hydrogen (secondary N) is 1. The van der Waals surface area contributed by atoms with Crippen LogP contribution in [0.3, 0.4) is 0 Å². The van der Waals surface area contributed by atoms with Gasteiger partial charge in [0.05, 0.1) is 17.5 Å². The van der Waals surface area contributed by atoms with Gasteiger partial charge in [0.15, 0.2) is 0 Å². The van der Waals surface area contributed by atoms with Gasteiger partial charge in [-0.3, -0.25) is 0 Å². The van der Waals surface area contributed by atoms with Gasteiger partial charge in [-0.15, -0.1) is 0 Å². The van der Waals surface area contributed by atoms with Crippen LogP contribution in [-0.4, -0.2) is 37.9 Å². The molecule has 0 atom stereocenters. The van der Waals surface area contributed by atoms with E-state index in [9.17, 15) is 16.8 Å². The van der Waals surface area contributed by atoms with Crippen LogP contribution in [0.25, 0.3) is 11.0 Å². The summed E-state index contributed by atoms with van der Waals surface area (Å²) in [5.74, 6) is -0.280. The molecule has 0 bridgehead atoms. The minimum atomic E-state index is -3.76. The van der Waals surface area contributed by atoms with Gasteiger partial charge in [0.2, 0.25) is 20.0 Å². The Morgan fingerprint density at radius 3 is 2.65 bits per heavy atom. The van der Waals surface area contributed by atoms with Gasteiger partial charge in [0.1, 0.15) is 15.9 Å². The monoisotopic (exact) mass is 336 g/mol. The Morgan fingerprint density at radius 1 is 1.20 bits per heavy atom. The van der Waals surface area contributed by atoms with Gasteiger partial charge in [0.25, 0.3) is 0 Å². The number of hydrogen-bond donors (Lipinski definition) is 2. The van der Waals surface area contributed by atoms with Crippen molar-refractivity contribution >= 4 is 42.8 Å². The molecule has 1 heterocycles. The lowest BCUT2D eigenvalue weighted by atomic mass is 10.3. The van der Waals surface area contributed by atoms with Crippen molar-refractivity contribution in [2.45, 2.75) is 11.3 Å². The maximum absolute atomic E-state index is 12.1. The third-order valence-electron chi connectivity index (χ3n) is 2.44. The predicted molar refractivity (Wildman–Crippen MR) is 75.2 cm³/mol. The fourth-order valence-electron chi connectivity index (χ4n) is 1.56. The third-order valence-corrected chi connectivity index (χ3v) is 5.33. The van der Waals surface area contributed by atoms with E-state index in [0.29, 0.717) is 11.0 Å². The molecular formula is C9H12N4O4S3. The SMILES string of the molecule is NS(=O)(=O)CCCNS(=O)(=O)c1cccc2nsnc12. The average Bonchev–Trinajstić information content (AvgIpc) is 2.81. The topological polar surface area (TPSA) is 132 Å². The lowest BCUT2D eigenvalue weighted by Gasteiger charge is -2.06. The van der Waals surface area contributed by atoms with Gasteiger partial charge in [-0.05, 0) is 18.6 Å². The molecule has 1 aromatic carbocycles. The molecule has 2 aromatic rings. The van der Waals surface area contributed by atoms with Crippen molar-refractivity contribution < 1.29 is 16.8 Å². The Kier molecular flexibility index (Phi) is 4.34. The number of nitrogens with zero attached hydrogens (tertiary/aromatic N) is 2. The molecule has 20 heavy (non-hydrogen) atoms. The first-order valence-electron chi connectivity index (χ1n) is 5.51. The van der Waals surface area contributed by atoms with Crippen LogP contribution in [0.2, 0.25) is 0 Å². The summed E-state index contributed by atoms with van der Waals surface area (Å²) in [5.41, 5.74) is 0.804. The Hall–Kier alpha value is -1.14. The van der Waals surface area contributed by atoms with E-state index in [1.807, 2.05) is 0 Å². The molecule has 0 aliphatic heterocycles. The summed E-state index contributed by atoms with van der Waals surface area (Å²) < 4.78 is 56.0. The Balaban J connectivity index is 2.13. The number of aromatic nitrogens is 2. The molecule has 0 amide bonds. The number of hydrogen-bond acceptors (Lipinski definition) is 7. The summed E-state index contributed by atoms with van der Waals surface area (Å²) in [5, 5.41) is 4.84. The minimum Gasteiger partial charge on any atom is -0.229 e. The normalized spacial score (nSPS) is 12.8. The second-order valence-corrected chi connectivity index (χ2v) is 8.00. The highest BCUT2D eigenvalue weighted by atomic mass is 32.2. The summed E-state index contributed by atoms with van der Waals surface area (Å²) in [4.78, 5) is 0.0272. The molecule has 0 aliphatic carbocycles. The summed E-state index contributed by atoms with van der Waals surface area (Å²) in [7, 11) is -7.34. The standard InChI is InChI=1S/C9H12N4O4S3/c10-19(14,15)6-2-5-11-20(16,17)8-4-1-3-7-9(8)13-18-12-7/h1,3-4,11H,2,5-6H2,(H2,10,14,15). The molecule has 0 aliphatic rings. The number of benzene rings is 1. The molecule has 110 valence electrons. The summed E-state index contributed by atoms with van der Waals surface area (Å²) >= 11 is 0.927. The average molecular weight is 336 g/mol. The maximum atomic E-state index is 12.1. The lowest BCUT2D eigenvalue weighted by Crippen LogP contribution is -2.27. The molecule has 0 fully saturated rings. The largest absolute Gasteiger partial charge is 0.242 e. The van der Waals surface area contributed by atoms with E-state index in [4.69, 9.17) is 5.14 Å². The summed E-state index contributed by atoms with van der Waals surface area (Å²) in [6.07, 6.45) is 0.101. The smallest absolute Gasteiger partial charge is 0.229 e. The van der Waals surface area contributed by atoms with Crippen LogP contribution in [-0.2, 0) is 20.0 Å². The molecule has 3 N–H and O–H groups in total. The van der Waals surface area contributed by atoms with Crippen molar-refractivity contribution in [1.29, 1.82) is 0 Å². The number of sulfonamides is 2. The first-order chi connectivity index (χ1) is 9.30. The van der Waals surface area contributed by atoms with Crippen LogP contribution in [0.4, 0.5) is 0 Å². The van der Waals surface area contributed by atoms with E-state index in [2.05, 4.69) is 13.5 Å². The zero-order chi connectivity index (χ0) is 14.8. The van der Waals surface area contributed by atoms with Crippen molar-refractivity contribution in [3.63, 3.8) is 0 Å². The van der Waals surface area contributed by atoms with Crippen LogP contribution in [0.1, 0.15) is 6.42 Å². The third kappa shape index (κ3) is 3.70. The van der Waals surface area contributed by atoms with Gasteiger partial charge in [-0.2, -0.15) is 8.75 Å². The number of primary sulfonamides is 1. The van der Waals surface area contributed by atoms with Gasteiger partial charge in [0, 0.05) is 6.54 Å². The quantitative estimate of drug-likeness (QED) is 0.693. The first kappa shape index (κ1) is 15.3. The summed E-state index contributed by atoms with van der Waals surface area (Å²) in [6, 6.07) is 4.66. The van der Waals surface area contributed by atoms with E-state index in [-0.39, 0.29) is 23.6 Å². The second kappa shape index (κ2) is 5.69. The van der Waals surface area contributed by atoms with Crippen LogP contribution in [0, 0.1) is 0 Å². The zero-order valence-corrected chi connectivity index (χ0v) is 12.6. The second-order valence-electron chi connectivity index (χ2n) is 4.01. The lowest BCUT2D eigenvalue weighted by molar-refractivity contribution is 0.577. The molecular weight excluding hydrogens is 324 g/mol. The molecule has 0 saturated heterocycles. The molecule has 8 nitrogen and oxygen atoms in total. The zero-order valence-electron chi connectivity index (χ0n) is 10.2. The molecule has 0 radical (unpaired) electrons. The van der Waals surface area contributed by atoms with Crippen LogP contribution >= 0.6 is 11.7 Å². The Bertz CT molecular complexity index is 813. The van der Waals surface area contributed by atoms with E-state index < -0.39 is 20.0 Å². The van der Waals surface area contributed by atoms with E-state index in [1.54, 1.807) is 12.1 Å². The Morgan fingerprint density at radius 2 is 1.95 bits per heavy atom. The summed E-state index contributed by atoms with van der Waals surface area (Å²) in [6.45, 7) is -0.0211. The fourth-order valence-corrected chi connectivity index (χ4v) is 3.94. The molecule has 11 heteroatoms. The van der Waals surface area contributed by atoms with E-state index >= 15 is 0 Å². The van der Waals surface area contributed by atoms with Gasteiger partial charge >= 0.3 is 0 Å². The number of rotatable bonds is 6. The fraction of sp³-hybridized carbons (Fsp3) is 0.333. The predicted octanol–water partition coefficient (Wildman–Crippen LogP) is -0.352. The van der Waals surface area contributed by atoms with Gasteiger partial charge in [-0.1, -0.05) is 6.07 Å². The number of fused-ring (bicyclic) bond motifs is 1. The Labute approximate surface area is 120 Å². The molecule has 1 aromatic heterocycles. The van der Waals surface area contributed by atoms with E-state index in [1.165, 1.54) is 6.07 Å². The number of nitrogens with two attached hydrogens (primary N) is 1. The van der Waals surface area contributed by atoms with Crippen molar-refractivity contribution in [2.75, 3.05) is 12.3 Å². The van der Waals surface area contributed by atoms with Crippen molar-refractivity contribution in [2.24, 2.45) is 5.14 Å². The highest BCUT2D eigenvalue weighted by Gasteiger charge is 2.19. The van der Waals surface area contributed by atoms with Crippen molar-refractivity contribution in [3.8, 4) is 0 Å². The van der Waals surface area contributed by atoms with Crippen LogP contribution in [0.15, 0.2) is 23.1 Å². The van der Waals surface area contributed by atoms with E-state index in [0.717, 1.165) is 11.7 Å². The molecule has 0 saturated carbocycles. The maximum Gasteiger partial charge on any atom is 0.242 e.